The predicted molar refractivity (Wildman–Crippen MR) is 107 cm³/mol. The van der Waals surface area contributed by atoms with Gasteiger partial charge >= 0.3 is 11.9 Å². The van der Waals surface area contributed by atoms with Gasteiger partial charge in [-0.25, -0.2) is 9.59 Å². The van der Waals surface area contributed by atoms with E-state index in [0.29, 0.717) is 6.61 Å². The Hall–Kier alpha value is -1.06. The fourth-order valence-corrected chi connectivity index (χ4v) is 3.06. The highest BCUT2D eigenvalue weighted by Gasteiger charge is 2.15. The van der Waals surface area contributed by atoms with E-state index in [9.17, 15) is 9.59 Å². The summed E-state index contributed by atoms with van der Waals surface area (Å²) in [5.74, 6) is -1.75. The molecule has 0 saturated carbocycles. The van der Waals surface area contributed by atoms with Crippen LogP contribution in [-0.4, -0.2) is 25.2 Å². The van der Waals surface area contributed by atoms with Gasteiger partial charge < -0.3 is 9.47 Å². The molecule has 0 rings (SSSR count). The minimum atomic E-state index is -0.885. The molecule has 0 unspecified atom stereocenters. The highest BCUT2D eigenvalue weighted by atomic mass is 16.6. The molecule has 0 aromatic heterocycles. The second-order valence-electron chi connectivity index (χ2n) is 7.16. The van der Waals surface area contributed by atoms with Gasteiger partial charge in [0.05, 0.1) is 13.2 Å². The molecule has 0 spiro atoms. The van der Waals surface area contributed by atoms with Crippen LogP contribution in [0.25, 0.3) is 0 Å². The van der Waals surface area contributed by atoms with Crippen molar-refractivity contribution in [1.82, 2.24) is 0 Å². The Bertz CT molecular complexity index is 328. The van der Waals surface area contributed by atoms with Crippen molar-refractivity contribution in [2.24, 2.45) is 0 Å². The van der Waals surface area contributed by atoms with Gasteiger partial charge in [-0.05, 0) is 13.3 Å². The molecule has 26 heavy (non-hydrogen) atoms. The molecule has 0 aliphatic carbocycles. The monoisotopic (exact) mass is 370 g/mol. The molecule has 0 aromatic rings. The standard InChI is InChI=1S/C22H42O4/c1-3-5-6-7-8-9-10-11-12-13-14-15-16-17-18-19-20-26-22(24)21(23)25-4-2/h3-20H2,1-2H3. The number of carbonyl (C=O) groups excluding carboxylic acids is 2. The molecule has 4 nitrogen and oxygen atoms in total. The zero-order chi connectivity index (χ0) is 19.3. The molecule has 4 heteroatoms. The smallest absolute Gasteiger partial charge is 0.417 e. The summed E-state index contributed by atoms with van der Waals surface area (Å²) in [6.07, 6.45) is 21.0. The fourth-order valence-electron chi connectivity index (χ4n) is 3.06. The molecule has 0 fully saturated rings. The van der Waals surface area contributed by atoms with Crippen LogP contribution in [0.5, 0.6) is 0 Å². The van der Waals surface area contributed by atoms with Crippen LogP contribution in [0.15, 0.2) is 0 Å². The summed E-state index contributed by atoms with van der Waals surface area (Å²) in [5, 5.41) is 0. The molecule has 0 saturated heterocycles. The number of hydrogen-bond acceptors (Lipinski definition) is 4. The average molecular weight is 371 g/mol. The molecule has 0 bridgehead atoms. The van der Waals surface area contributed by atoms with Crippen molar-refractivity contribution in [2.75, 3.05) is 13.2 Å². The van der Waals surface area contributed by atoms with Crippen LogP contribution in [0.1, 0.15) is 117 Å². The van der Waals surface area contributed by atoms with Gasteiger partial charge in [-0.3, -0.25) is 0 Å². The van der Waals surface area contributed by atoms with E-state index in [-0.39, 0.29) is 6.61 Å². The second kappa shape index (κ2) is 20.3. The Labute approximate surface area is 161 Å². The average Bonchev–Trinajstić information content (AvgIpc) is 2.64. The highest BCUT2D eigenvalue weighted by Crippen LogP contribution is 2.13. The van der Waals surface area contributed by atoms with E-state index in [4.69, 9.17) is 4.74 Å². The van der Waals surface area contributed by atoms with Crippen molar-refractivity contribution in [3.8, 4) is 0 Å². The minimum absolute atomic E-state index is 0.201. The first kappa shape index (κ1) is 24.9. The molecule has 0 atom stereocenters. The van der Waals surface area contributed by atoms with Crippen molar-refractivity contribution in [3.63, 3.8) is 0 Å². The van der Waals surface area contributed by atoms with Crippen LogP contribution in [0, 0.1) is 0 Å². The summed E-state index contributed by atoms with van der Waals surface area (Å²) >= 11 is 0. The maximum absolute atomic E-state index is 11.2. The molecule has 0 radical (unpaired) electrons. The first-order valence-corrected chi connectivity index (χ1v) is 11.1. The van der Waals surface area contributed by atoms with Crippen molar-refractivity contribution in [3.05, 3.63) is 0 Å². The van der Waals surface area contributed by atoms with Crippen LogP contribution >= 0.6 is 0 Å². The van der Waals surface area contributed by atoms with E-state index in [2.05, 4.69) is 11.7 Å². The molecule has 0 N–H and O–H groups in total. The second-order valence-corrected chi connectivity index (χ2v) is 7.16. The first-order valence-electron chi connectivity index (χ1n) is 11.1. The summed E-state index contributed by atoms with van der Waals surface area (Å²) in [6.45, 7) is 4.45. The van der Waals surface area contributed by atoms with Gasteiger partial charge in [0.1, 0.15) is 0 Å². The minimum Gasteiger partial charge on any atom is -0.458 e. The maximum atomic E-state index is 11.2. The molecule has 0 aliphatic heterocycles. The molecular weight excluding hydrogens is 328 g/mol. The van der Waals surface area contributed by atoms with E-state index in [1.54, 1.807) is 6.92 Å². The van der Waals surface area contributed by atoms with Crippen LogP contribution in [0.4, 0.5) is 0 Å². The lowest BCUT2D eigenvalue weighted by Gasteiger charge is -2.05. The van der Waals surface area contributed by atoms with Gasteiger partial charge in [0, 0.05) is 0 Å². The SMILES string of the molecule is CCCCCCCCCCCCCCCCCCOC(=O)C(=O)OCC. The third-order valence-electron chi connectivity index (χ3n) is 4.67. The van der Waals surface area contributed by atoms with Gasteiger partial charge in [0.25, 0.3) is 0 Å². The van der Waals surface area contributed by atoms with Crippen LogP contribution < -0.4 is 0 Å². The summed E-state index contributed by atoms with van der Waals surface area (Å²) in [4.78, 5) is 22.2. The number of unbranched alkanes of at least 4 members (excludes halogenated alkanes) is 15. The molecular formula is C22H42O4. The van der Waals surface area contributed by atoms with E-state index in [1.807, 2.05) is 0 Å². The Morgan fingerprint density at radius 2 is 0.846 bits per heavy atom. The number of hydrogen-bond donors (Lipinski definition) is 0. The lowest BCUT2D eigenvalue weighted by atomic mass is 10.0. The number of ether oxygens (including phenoxy) is 2. The van der Waals surface area contributed by atoms with Crippen molar-refractivity contribution >= 4 is 11.9 Å². The molecule has 0 aromatic carbocycles. The highest BCUT2D eigenvalue weighted by molar-refractivity contribution is 6.29. The van der Waals surface area contributed by atoms with Crippen molar-refractivity contribution < 1.29 is 19.1 Å². The largest absolute Gasteiger partial charge is 0.458 e. The zero-order valence-corrected chi connectivity index (χ0v) is 17.4. The van der Waals surface area contributed by atoms with Crippen molar-refractivity contribution in [2.45, 2.75) is 117 Å². The zero-order valence-electron chi connectivity index (χ0n) is 17.4. The van der Waals surface area contributed by atoms with Crippen LogP contribution in [0.2, 0.25) is 0 Å². The third-order valence-corrected chi connectivity index (χ3v) is 4.67. The molecule has 0 aliphatic rings. The quantitative estimate of drug-likeness (QED) is 0.160. The van der Waals surface area contributed by atoms with Crippen LogP contribution in [-0.2, 0) is 19.1 Å². The van der Waals surface area contributed by atoms with E-state index >= 15 is 0 Å². The van der Waals surface area contributed by atoms with Gasteiger partial charge in [0.15, 0.2) is 0 Å². The van der Waals surface area contributed by atoms with Gasteiger partial charge in [0.2, 0.25) is 0 Å². The summed E-state index contributed by atoms with van der Waals surface area (Å²) in [7, 11) is 0. The maximum Gasteiger partial charge on any atom is 0.417 e. The van der Waals surface area contributed by atoms with Crippen molar-refractivity contribution in [1.29, 1.82) is 0 Å². The van der Waals surface area contributed by atoms with Crippen LogP contribution in [0.3, 0.4) is 0 Å². The van der Waals surface area contributed by atoms with E-state index in [1.165, 1.54) is 89.9 Å². The Morgan fingerprint density at radius 3 is 1.23 bits per heavy atom. The molecule has 0 amide bonds. The third kappa shape index (κ3) is 17.8. The Kier molecular flexibility index (Phi) is 19.4. The first-order chi connectivity index (χ1) is 12.7. The number of carbonyl (C=O) groups is 2. The predicted octanol–water partition coefficient (Wildman–Crippen LogP) is 6.35. The topological polar surface area (TPSA) is 52.6 Å². The molecule has 154 valence electrons. The van der Waals surface area contributed by atoms with Gasteiger partial charge in [-0.2, -0.15) is 0 Å². The Balaban J connectivity index is 3.13. The summed E-state index contributed by atoms with van der Waals surface area (Å²) in [6, 6.07) is 0. The summed E-state index contributed by atoms with van der Waals surface area (Å²) < 4.78 is 9.44. The number of rotatable bonds is 18. The number of esters is 2. The van der Waals surface area contributed by atoms with E-state index < -0.39 is 11.9 Å². The van der Waals surface area contributed by atoms with E-state index in [0.717, 1.165) is 12.8 Å². The normalized spacial score (nSPS) is 10.7. The lowest BCUT2D eigenvalue weighted by Crippen LogP contribution is -2.20. The van der Waals surface area contributed by atoms with Gasteiger partial charge in [-0.1, -0.05) is 103 Å². The molecule has 0 heterocycles. The Morgan fingerprint density at radius 1 is 0.500 bits per heavy atom. The fraction of sp³-hybridized carbons (Fsp3) is 0.909. The summed E-state index contributed by atoms with van der Waals surface area (Å²) in [5.41, 5.74) is 0. The lowest BCUT2D eigenvalue weighted by molar-refractivity contribution is -0.167. The van der Waals surface area contributed by atoms with Gasteiger partial charge in [-0.15, -0.1) is 0 Å².